The monoisotopic (exact) mass is 1020 g/mol. The molecule has 0 spiro atoms. The Bertz CT molecular complexity index is 5200. The molecule has 7 nitrogen and oxygen atoms in total. The van der Waals surface area contributed by atoms with Gasteiger partial charge in [-0.1, -0.05) is 176 Å². The average molecular weight is 1020 g/mol. The predicted octanol–water partition coefficient (Wildman–Crippen LogP) is 18.9. The van der Waals surface area contributed by atoms with Gasteiger partial charge in [0.2, 0.25) is 0 Å². The summed E-state index contributed by atoms with van der Waals surface area (Å²) in [6.45, 7) is 0. The molecule has 80 heavy (non-hydrogen) atoms. The highest BCUT2D eigenvalue weighted by molar-refractivity contribution is 6.15. The SMILES string of the molecule is c1ccc(-n2c3ccccc3c3ccc(-c4nc(-c5ccc6c7ccccc7n(-c7ccccc7)c6c5)nc(-c5ccc(-n6c7ccccc7c7cc8ccccc8cc76)cc5-c5cccc6c5oc5ccccc56)n4)cc32)cc1. The van der Waals surface area contributed by atoms with Crippen molar-refractivity contribution in [3.05, 3.63) is 267 Å². The molecule has 0 aliphatic heterocycles. The average Bonchev–Trinajstić information content (AvgIpc) is 4.37. The van der Waals surface area contributed by atoms with E-state index in [1.165, 1.54) is 32.3 Å². The van der Waals surface area contributed by atoms with Crippen molar-refractivity contribution in [2.24, 2.45) is 0 Å². The second kappa shape index (κ2) is 17.3. The van der Waals surface area contributed by atoms with Crippen LogP contribution in [0.25, 0.3) is 160 Å². The zero-order valence-electron chi connectivity index (χ0n) is 43.0. The molecule has 372 valence electrons. The van der Waals surface area contributed by atoms with Crippen LogP contribution in [0.15, 0.2) is 271 Å². The molecule has 0 saturated carbocycles. The number of para-hydroxylation sites is 7. The third kappa shape index (κ3) is 6.71. The molecule has 17 rings (SSSR count). The summed E-state index contributed by atoms with van der Waals surface area (Å²) >= 11 is 0. The predicted molar refractivity (Wildman–Crippen MR) is 329 cm³/mol. The number of hydrogen-bond acceptors (Lipinski definition) is 4. The Morgan fingerprint density at radius 3 is 1.32 bits per heavy atom. The highest BCUT2D eigenvalue weighted by Gasteiger charge is 2.24. The molecule has 5 aromatic heterocycles. The summed E-state index contributed by atoms with van der Waals surface area (Å²) in [5, 5.41) is 11.5. The van der Waals surface area contributed by atoms with E-state index in [2.05, 4.69) is 268 Å². The Morgan fingerprint density at radius 1 is 0.250 bits per heavy atom. The van der Waals surface area contributed by atoms with E-state index in [1.54, 1.807) is 0 Å². The molecule has 0 fully saturated rings. The molecular weight excluding hydrogens is 977 g/mol. The third-order valence-electron chi connectivity index (χ3n) is 16.3. The van der Waals surface area contributed by atoms with E-state index in [0.29, 0.717) is 17.5 Å². The molecule has 0 saturated heterocycles. The van der Waals surface area contributed by atoms with Crippen molar-refractivity contribution in [2.75, 3.05) is 0 Å². The van der Waals surface area contributed by atoms with Gasteiger partial charge in [-0.05, 0) is 107 Å². The largest absolute Gasteiger partial charge is 0.455 e. The minimum absolute atomic E-state index is 0.542. The van der Waals surface area contributed by atoms with Crippen LogP contribution in [0.2, 0.25) is 0 Å². The number of furan rings is 1. The standard InChI is InChI=1S/C73H44N6O/c1-3-20-49(21-4-1)77-63-30-13-9-24-52(63)55-37-34-47(42-66(55)77)71-74-72(48-35-38-56-53-25-10-14-31-64(53)78(67(56)43-48)50-22-5-2-6-23-50)76-73(75-71)60-39-36-51(44-61(60)59-29-17-28-58-57-27-12-16-33-69(57)80-70(58)59)79-65-32-15-11-26-54(65)62-40-45-18-7-8-19-46(45)41-68(62)79/h1-44H. The fourth-order valence-corrected chi connectivity index (χ4v) is 12.7. The summed E-state index contributed by atoms with van der Waals surface area (Å²) in [4.78, 5) is 16.7. The van der Waals surface area contributed by atoms with Gasteiger partial charge < -0.3 is 18.1 Å². The first kappa shape index (κ1) is 44.3. The van der Waals surface area contributed by atoms with Crippen LogP contribution < -0.4 is 0 Å². The normalized spacial score (nSPS) is 12.0. The van der Waals surface area contributed by atoms with Crippen molar-refractivity contribution >= 4 is 98.1 Å². The van der Waals surface area contributed by atoms with Gasteiger partial charge in [-0.15, -0.1) is 0 Å². The fourth-order valence-electron chi connectivity index (χ4n) is 12.7. The summed E-state index contributed by atoms with van der Waals surface area (Å²) < 4.78 is 14.0. The van der Waals surface area contributed by atoms with Gasteiger partial charge in [-0.25, -0.2) is 15.0 Å². The lowest BCUT2D eigenvalue weighted by molar-refractivity contribution is 0.670. The van der Waals surface area contributed by atoms with Gasteiger partial charge >= 0.3 is 0 Å². The van der Waals surface area contributed by atoms with Crippen molar-refractivity contribution in [1.29, 1.82) is 0 Å². The van der Waals surface area contributed by atoms with Crippen molar-refractivity contribution in [3.8, 4) is 62.4 Å². The maximum Gasteiger partial charge on any atom is 0.164 e. The van der Waals surface area contributed by atoms with Crippen LogP contribution in [0.4, 0.5) is 0 Å². The van der Waals surface area contributed by atoms with Crippen molar-refractivity contribution in [2.45, 2.75) is 0 Å². The van der Waals surface area contributed by atoms with Crippen LogP contribution in [-0.4, -0.2) is 28.7 Å². The molecule has 0 amide bonds. The van der Waals surface area contributed by atoms with Crippen LogP contribution in [0.5, 0.6) is 0 Å². The van der Waals surface area contributed by atoms with Crippen LogP contribution in [0.3, 0.4) is 0 Å². The van der Waals surface area contributed by atoms with Crippen LogP contribution in [0, 0.1) is 0 Å². The number of hydrogen-bond donors (Lipinski definition) is 0. The van der Waals surface area contributed by atoms with Crippen LogP contribution in [-0.2, 0) is 0 Å². The Labute approximate surface area is 458 Å². The van der Waals surface area contributed by atoms with E-state index in [1.807, 2.05) is 12.1 Å². The number of aromatic nitrogens is 6. The number of fused-ring (bicyclic) bond motifs is 13. The molecule has 0 bridgehead atoms. The van der Waals surface area contributed by atoms with Gasteiger partial charge in [-0.3, -0.25) is 0 Å². The van der Waals surface area contributed by atoms with E-state index in [-0.39, 0.29) is 0 Å². The van der Waals surface area contributed by atoms with Crippen LogP contribution >= 0.6 is 0 Å². The zero-order chi connectivity index (χ0) is 52.4. The van der Waals surface area contributed by atoms with E-state index in [9.17, 15) is 0 Å². The lowest BCUT2D eigenvalue weighted by atomic mass is 9.96. The molecule has 5 heterocycles. The molecule has 0 atom stereocenters. The first-order valence-corrected chi connectivity index (χ1v) is 27.1. The highest BCUT2D eigenvalue weighted by Crippen LogP contribution is 2.44. The number of benzene rings is 12. The Balaban J connectivity index is 0.953. The van der Waals surface area contributed by atoms with Gasteiger partial charge in [0.25, 0.3) is 0 Å². The Kier molecular flexibility index (Phi) is 9.58. The third-order valence-corrected chi connectivity index (χ3v) is 16.3. The molecule has 0 unspecified atom stereocenters. The van der Waals surface area contributed by atoms with E-state index in [4.69, 9.17) is 19.4 Å². The first-order chi connectivity index (χ1) is 39.7. The molecule has 0 aliphatic carbocycles. The molecular formula is C73H44N6O. The smallest absolute Gasteiger partial charge is 0.164 e. The van der Waals surface area contributed by atoms with Gasteiger partial charge in [0.05, 0.1) is 33.1 Å². The van der Waals surface area contributed by atoms with E-state index >= 15 is 0 Å². The molecule has 12 aromatic carbocycles. The Morgan fingerprint density at radius 2 is 0.713 bits per heavy atom. The van der Waals surface area contributed by atoms with Crippen molar-refractivity contribution in [3.63, 3.8) is 0 Å². The highest BCUT2D eigenvalue weighted by atomic mass is 16.3. The molecule has 0 aliphatic rings. The zero-order valence-corrected chi connectivity index (χ0v) is 43.0. The van der Waals surface area contributed by atoms with Crippen LogP contribution in [0.1, 0.15) is 0 Å². The maximum absolute atomic E-state index is 6.90. The quantitative estimate of drug-likeness (QED) is 0.160. The lowest BCUT2D eigenvalue weighted by Gasteiger charge is -2.16. The summed E-state index contributed by atoms with van der Waals surface area (Å²) in [7, 11) is 0. The van der Waals surface area contributed by atoms with E-state index < -0.39 is 0 Å². The second-order valence-corrected chi connectivity index (χ2v) is 20.7. The molecule has 7 heteroatoms. The lowest BCUT2D eigenvalue weighted by Crippen LogP contribution is -2.03. The second-order valence-electron chi connectivity index (χ2n) is 20.7. The Hall–Kier alpha value is -10.9. The summed E-state index contributed by atoms with van der Waals surface area (Å²) in [5.74, 6) is 1.67. The summed E-state index contributed by atoms with van der Waals surface area (Å²) in [6, 6.07) is 95.1. The van der Waals surface area contributed by atoms with E-state index in [0.717, 1.165) is 111 Å². The van der Waals surface area contributed by atoms with Gasteiger partial charge in [0.1, 0.15) is 11.2 Å². The minimum atomic E-state index is 0.542. The summed E-state index contributed by atoms with van der Waals surface area (Å²) in [6.07, 6.45) is 0. The molecule has 0 radical (unpaired) electrons. The first-order valence-electron chi connectivity index (χ1n) is 27.1. The number of rotatable bonds is 7. The molecule has 0 N–H and O–H groups in total. The molecule has 17 aromatic rings. The summed E-state index contributed by atoms with van der Waals surface area (Å²) in [5.41, 5.74) is 15.9. The number of nitrogens with zero attached hydrogens (tertiary/aromatic N) is 6. The van der Waals surface area contributed by atoms with Gasteiger partial charge in [0, 0.05) is 82.4 Å². The minimum Gasteiger partial charge on any atom is -0.455 e. The van der Waals surface area contributed by atoms with Gasteiger partial charge in [-0.2, -0.15) is 0 Å². The maximum atomic E-state index is 6.90. The van der Waals surface area contributed by atoms with Crippen molar-refractivity contribution < 1.29 is 4.42 Å². The van der Waals surface area contributed by atoms with Crippen molar-refractivity contribution in [1.82, 2.24) is 28.7 Å². The topological polar surface area (TPSA) is 66.6 Å². The fraction of sp³-hybridized carbons (Fsp3) is 0. The van der Waals surface area contributed by atoms with Gasteiger partial charge in [0.15, 0.2) is 17.5 Å².